The van der Waals surface area contributed by atoms with Crippen LogP contribution in [0, 0.1) is 6.92 Å². The molecule has 2 aromatic rings. The molecule has 0 atom stereocenters. The third-order valence-corrected chi connectivity index (χ3v) is 3.59. The van der Waals surface area contributed by atoms with E-state index in [1.807, 2.05) is 0 Å². The lowest BCUT2D eigenvalue weighted by Gasteiger charge is -1.98. The second-order valence-corrected chi connectivity index (χ2v) is 4.64. The van der Waals surface area contributed by atoms with Crippen molar-refractivity contribution in [1.29, 1.82) is 0 Å². The van der Waals surface area contributed by atoms with E-state index in [0.29, 0.717) is 0 Å². The van der Waals surface area contributed by atoms with E-state index in [9.17, 15) is 0 Å². The maximum absolute atomic E-state index is 3.62. The lowest BCUT2D eigenvalue weighted by atomic mass is 10.0. The molecule has 78 valence electrons. The van der Waals surface area contributed by atoms with Gasteiger partial charge >= 0.3 is 0 Å². The number of nitrogens with one attached hydrogen (secondary N) is 1. The predicted molar refractivity (Wildman–Crippen MR) is 64.3 cm³/mol. The van der Waals surface area contributed by atoms with Crippen LogP contribution in [0.1, 0.15) is 36.1 Å². The van der Waals surface area contributed by atoms with Gasteiger partial charge in [0.05, 0.1) is 0 Å². The maximum atomic E-state index is 3.62. The first-order valence-corrected chi connectivity index (χ1v) is 5.95. The number of aromatic amines is 1. The molecule has 1 aromatic heterocycles. The summed E-state index contributed by atoms with van der Waals surface area (Å²) in [5, 5.41) is 1.46. The highest BCUT2D eigenvalue weighted by atomic mass is 14.7. The third-order valence-electron chi connectivity index (χ3n) is 3.59. The lowest BCUT2D eigenvalue weighted by Crippen LogP contribution is -1.86. The van der Waals surface area contributed by atoms with Gasteiger partial charge in [-0.05, 0) is 43.7 Å². The van der Waals surface area contributed by atoms with Gasteiger partial charge in [0, 0.05) is 16.6 Å². The van der Waals surface area contributed by atoms with Crippen molar-refractivity contribution in [3.05, 3.63) is 35.0 Å². The summed E-state index contributed by atoms with van der Waals surface area (Å²) in [6.45, 7) is 2.19. The fourth-order valence-electron chi connectivity index (χ4n) is 2.75. The van der Waals surface area contributed by atoms with Crippen molar-refractivity contribution in [2.45, 2.75) is 39.0 Å². The highest BCUT2D eigenvalue weighted by Crippen LogP contribution is 2.29. The highest BCUT2D eigenvalue weighted by molar-refractivity contribution is 5.87. The van der Waals surface area contributed by atoms with Gasteiger partial charge in [-0.15, -0.1) is 0 Å². The van der Waals surface area contributed by atoms with Crippen molar-refractivity contribution in [3.8, 4) is 0 Å². The summed E-state index contributed by atoms with van der Waals surface area (Å²) in [7, 11) is 0. The van der Waals surface area contributed by atoms with Crippen LogP contribution in [0.25, 0.3) is 10.9 Å². The lowest BCUT2D eigenvalue weighted by molar-refractivity contribution is 0.708. The summed E-state index contributed by atoms with van der Waals surface area (Å²) in [4.78, 5) is 3.62. The van der Waals surface area contributed by atoms with Crippen LogP contribution in [0.15, 0.2) is 18.2 Å². The molecule has 0 amide bonds. The van der Waals surface area contributed by atoms with E-state index in [1.165, 1.54) is 54.3 Å². The van der Waals surface area contributed by atoms with E-state index in [0.717, 1.165) is 0 Å². The number of benzene rings is 1. The number of aryl methyl sites for hydroxylation is 3. The Labute approximate surface area is 90.5 Å². The molecule has 1 N–H and O–H groups in total. The smallest absolute Gasteiger partial charge is 0.0488 e. The number of aromatic nitrogens is 1. The molecule has 0 unspecified atom stereocenters. The second-order valence-electron chi connectivity index (χ2n) is 4.64. The van der Waals surface area contributed by atoms with Crippen LogP contribution in [0.2, 0.25) is 0 Å². The van der Waals surface area contributed by atoms with E-state index in [4.69, 9.17) is 0 Å². The first-order chi connectivity index (χ1) is 7.36. The molecular formula is C14H17N. The molecule has 1 aliphatic rings. The minimum atomic E-state index is 1.24. The zero-order valence-electron chi connectivity index (χ0n) is 9.27. The van der Waals surface area contributed by atoms with Crippen LogP contribution in [-0.2, 0) is 12.8 Å². The summed E-state index contributed by atoms with van der Waals surface area (Å²) < 4.78 is 0. The highest BCUT2D eigenvalue weighted by Gasteiger charge is 2.14. The van der Waals surface area contributed by atoms with Crippen LogP contribution in [0.5, 0.6) is 0 Å². The Bertz CT molecular complexity index is 493. The van der Waals surface area contributed by atoms with Gasteiger partial charge in [-0.3, -0.25) is 0 Å². The van der Waals surface area contributed by atoms with Crippen molar-refractivity contribution >= 4 is 10.9 Å². The van der Waals surface area contributed by atoms with E-state index < -0.39 is 0 Å². The molecule has 0 radical (unpaired) electrons. The first-order valence-electron chi connectivity index (χ1n) is 5.95. The van der Waals surface area contributed by atoms with E-state index in [1.54, 1.807) is 5.56 Å². The molecule has 1 heterocycles. The molecule has 0 aliphatic heterocycles. The largest absolute Gasteiger partial charge is 0.358 e. The second kappa shape index (κ2) is 3.41. The fraction of sp³-hybridized carbons (Fsp3) is 0.429. The Morgan fingerprint density at radius 1 is 1.07 bits per heavy atom. The fourth-order valence-corrected chi connectivity index (χ4v) is 2.75. The SMILES string of the molecule is Cc1cccc2c3c([nH]c12)CCCCC3. The van der Waals surface area contributed by atoms with Crippen molar-refractivity contribution in [2.24, 2.45) is 0 Å². The van der Waals surface area contributed by atoms with Gasteiger partial charge < -0.3 is 4.98 Å². The Kier molecular flexibility index (Phi) is 2.05. The van der Waals surface area contributed by atoms with Crippen molar-refractivity contribution in [3.63, 3.8) is 0 Å². The van der Waals surface area contributed by atoms with Crippen LogP contribution >= 0.6 is 0 Å². The third kappa shape index (κ3) is 1.38. The number of para-hydroxylation sites is 1. The molecule has 0 fully saturated rings. The van der Waals surface area contributed by atoms with Gasteiger partial charge in [-0.1, -0.05) is 24.6 Å². The van der Waals surface area contributed by atoms with Gasteiger partial charge in [0.15, 0.2) is 0 Å². The van der Waals surface area contributed by atoms with Gasteiger partial charge in [-0.2, -0.15) is 0 Å². The van der Waals surface area contributed by atoms with Gasteiger partial charge in [-0.25, -0.2) is 0 Å². The normalized spacial score (nSPS) is 16.3. The quantitative estimate of drug-likeness (QED) is 0.622. The molecule has 0 spiro atoms. The minimum absolute atomic E-state index is 1.24. The molecule has 1 heteroatoms. The first kappa shape index (κ1) is 9.02. The summed E-state index contributed by atoms with van der Waals surface area (Å²) in [6.07, 6.45) is 6.59. The monoisotopic (exact) mass is 199 g/mol. The summed E-state index contributed by atoms with van der Waals surface area (Å²) >= 11 is 0. The predicted octanol–water partition coefficient (Wildman–Crippen LogP) is 3.75. The Morgan fingerprint density at radius 2 is 1.93 bits per heavy atom. The van der Waals surface area contributed by atoms with Crippen molar-refractivity contribution in [1.82, 2.24) is 4.98 Å². The van der Waals surface area contributed by atoms with Gasteiger partial charge in [0.2, 0.25) is 0 Å². The summed E-state index contributed by atoms with van der Waals surface area (Å²) in [5.74, 6) is 0. The zero-order chi connectivity index (χ0) is 10.3. The number of hydrogen-bond donors (Lipinski definition) is 1. The summed E-state index contributed by atoms with van der Waals surface area (Å²) in [5.41, 5.74) is 5.83. The molecule has 1 nitrogen and oxygen atoms in total. The van der Waals surface area contributed by atoms with Crippen LogP contribution in [-0.4, -0.2) is 4.98 Å². The number of rotatable bonds is 0. The average Bonchev–Trinajstić information content (AvgIpc) is 2.45. The standard InChI is InChI=1S/C14H17N/c1-10-6-5-8-12-11-7-3-2-4-9-13(11)15-14(10)12/h5-6,8,15H,2-4,7,9H2,1H3. The van der Waals surface area contributed by atoms with E-state index in [2.05, 4.69) is 30.1 Å². The molecule has 0 saturated carbocycles. The van der Waals surface area contributed by atoms with Gasteiger partial charge in [0.1, 0.15) is 0 Å². The molecule has 1 aliphatic carbocycles. The van der Waals surface area contributed by atoms with E-state index >= 15 is 0 Å². The molecule has 15 heavy (non-hydrogen) atoms. The Balaban J connectivity index is 2.28. The zero-order valence-corrected chi connectivity index (χ0v) is 9.27. The average molecular weight is 199 g/mol. The van der Waals surface area contributed by atoms with Gasteiger partial charge in [0.25, 0.3) is 0 Å². The number of fused-ring (bicyclic) bond motifs is 3. The van der Waals surface area contributed by atoms with Crippen molar-refractivity contribution in [2.75, 3.05) is 0 Å². The maximum Gasteiger partial charge on any atom is 0.0488 e. The molecule has 1 aromatic carbocycles. The van der Waals surface area contributed by atoms with Crippen LogP contribution in [0.4, 0.5) is 0 Å². The molecular weight excluding hydrogens is 182 g/mol. The Morgan fingerprint density at radius 3 is 2.87 bits per heavy atom. The topological polar surface area (TPSA) is 15.8 Å². The number of H-pyrrole nitrogens is 1. The summed E-state index contributed by atoms with van der Waals surface area (Å²) in [6, 6.07) is 6.64. The van der Waals surface area contributed by atoms with Crippen LogP contribution in [0.3, 0.4) is 0 Å². The van der Waals surface area contributed by atoms with Crippen molar-refractivity contribution < 1.29 is 0 Å². The minimum Gasteiger partial charge on any atom is -0.358 e. The molecule has 0 bridgehead atoms. The van der Waals surface area contributed by atoms with Crippen LogP contribution < -0.4 is 0 Å². The molecule has 0 saturated heterocycles. The van der Waals surface area contributed by atoms with E-state index in [-0.39, 0.29) is 0 Å². The number of hydrogen-bond acceptors (Lipinski definition) is 0. The molecule has 3 rings (SSSR count). The Hall–Kier alpha value is -1.24.